The first-order valence-electron chi connectivity index (χ1n) is 8.36. The monoisotopic (exact) mass is 380 g/mol. The summed E-state index contributed by atoms with van der Waals surface area (Å²) < 4.78 is 28.8. The number of ether oxygens (including phenoxy) is 1. The van der Waals surface area contributed by atoms with E-state index >= 15 is 0 Å². The van der Waals surface area contributed by atoms with Crippen LogP contribution in [0.5, 0.6) is 5.75 Å². The second kappa shape index (κ2) is 8.47. The molecule has 0 unspecified atom stereocenters. The Morgan fingerprint density at radius 1 is 1.27 bits per heavy atom. The van der Waals surface area contributed by atoms with Crippen molar-refractivity contribution in [3.8, 4) is 5.75 Å². The quantitative estimate of drug-likeness (QED) is 0.788. The number of nitrogens with zero attached hydrogens (tertiary/aromatic N) is 1. The summed E-state index contributed by atoms with van der Waals surface area (Å²) in [6.45, 7) is -1.83. The predicted molar refractivity (Wildman–Crippen MR) is 96.7 cm³/mol. The average molecular weight is 381 g/mol. The van der Waals surface area contributed by atoms with Crippen LogP contribution in [0, 0.1) is 0 Å². The van der Waals surface area contributed by atoms with Gasteiger partial charge < -0.3 is 10.1 Å². The molecule has 2 aromatic rings. The maximum absolute atomic E-state index is 12.4. The molecule has 26 heavy (non-hydrogen) atoms. The predicted octanol–water partition coefficient (Wildman–Crippen LogP) is 4.72. The van der Waals surface area contributed by atoms with Gasteiger partial charge in [0.15, 0.2) is 0 Å². The molecule has 0 saturated carbocycles. The van der Waals surface area contributed by atoms with E-state index in [2.05, 4.69) is 27.1 Å². The smallest absolute Gasteiger partial charge is 0.387 e. The number of carbonyl (C=O) groups is 1. The van der Waals surface area contributed by atoms with Crippen molar-refractivity contribution in [1.29, 1.82) is 0 Å². The first kappa shape index (κ1) is 18.6. The molecule has 1 atom stereocenters. The zero-order chi connectivity index (χ0) is 18.5. The molecule has 7 heteroatoms. The van der Waals surface area contributed by atoms with Gasteiger partial charge in [-0.1, -0.05) is 41.9 Å². The first-order chi connectivity index (χ1) is 12.5. The van der Waals surface area contributed by atoms with Crippen LogP contribution in [-0.2, 0) is 4.79 Å². The van der Waals surface area contributed by atoms with Crippen LogP contribution in [0.1, 0.15) is 24.4 Å². The Hall–Kier alpha value is -2.18. The number of nitrogens with one attached hydrogen (secondary N) is 1. The van der Waals surface area contributed by atoms with E-state index in [1.54, 1.807) is 0 Å². The van der Waals surface area contributed by atoms with E-state index < -0.39 is 6.61 Å². The van der Waals surface area contributed by atoms with Gasteiger partial charge in [0.2, 0.25) is 5.91 Å². The van der Waals surface area contributed by atoms with Crippen molar-refractivity contribution in [2.24, 2.45) is 0 Å². The largest absolute Gasteiger partial charge is 0.433 e. The van der Waals surface area contributed by atoms with Gasteiger partial charge in [0, 0.05) is 11.7 Å². The number of carbonyl (C=O) groups excluding carboxylic acids is 1. The van der Waals surface area contributed by atoms with Crippen LogP contribution < -0.4 is 10.1 Å². The molecule has 1 aliphatic rings. The Labute approximate surface area is 155 Å². The molecule has 0 spiro atoms. The van der Waals surface area contributed by atoms with Crippen molar-refractivity contribution in [2.45, 2.75) is 25.5 Å². The van der Waals surface area contributed by atoms with E-state index in [9.17, 15) is 13.6 Å². The van der Waals surface area contributed by atoms with Gasteiger partial charge in [-0.2, -0.15) is 8.78 Å². The summed E-state index contributed by atoms with van der Waals surface area (Å²) in [6.07, 6.45) is 2.06. The Bertz CT molecular complexity index is 758. The van der Waals surface area contributed by atoms with Crippen LogP contribution in [0.25, 0.3) is 0 Å². The summed E-state index contributed by atoms with van der Waals surface area (Å²) in [6, 6.07) is 14.5. The van der Waals surface area contributed by atoms with Gasteiger partial charge in [-0.15, -0.1) is 0 Å². The van der Waals surface area contributed by atoms with E-state index in [1.165, 1.54) is 23.8 Å². The van der Waals surface area contributed by atoms with Crippen molar-refractivity contribution in [1.82, 2.24) is 4.90 Å². The van der Waals surface area contributed by atoms with E-state index in [4.69, 9.17) is 11.6 Å². The van der Waals surface area contributed by atoms with Gasteiger partial charge in [0.05, 0.1) is 11.6 Å². The van der Waals surface area contributed by atoms with Crippen LogP contribution in [0.15, 0.2) is 48.5 Å². The van der Waals surface area contributed by atoms with E-state index in [0.717, 1.165) is 19.4 Å². The zero-order valence-corrected chi connectivity index (χ0v) is 14.8. The van der Waals surface area contributed by atoms with Crippen LogP contribution in [0.3, 0.4) is 0 Å². The standard InChI is InChI=1S/C19H19ClF2N2O2/c20-15-11-14(8-9-17(15)26-19(21)22)23-18(25)12-24-10-4-7-16(24)13-5-2-1-3-6-13/h1-3,5-6,8-9,11,16,19H,4,7,10,12H2,(H,23,25)/t16-/m1/s1. The van der Waals surface area contributed by atoms with Crippen molar-refractivity contribution >= 4 is 23.2 Å². The van der Waals surface area contributed by atoms with Gasteiger partial charge >= 0.3 is 6.61 Å². The molecule has 0 aromatic heterocycles. The molecule has 4 nitrogen and oxygen atoms in total. The third kappa shape index (κ3) is 4.71. The maximum atomic E-state index is 12.4. The number of alkyl halides is 2. The molecule has 1 fully saturated rings. The zero-order valence-electron chi connectivity index (χ0n) is 14.0. The molecule has 1 heterocycles. The Balaban J connectivity index is 1.61. The van der Waals surface area contributed by atoms with Gasteiger partial charge in [-0.05, 0) is 43.1 Å². The molecular formula is C19H19ClF2N2O2. The van der Waals surface area contributed by atoms with Crippen LogP contribution >= 0.6 is 11.6 Å². The third-order valence-electron chi connectivity index (χ3n) is 4.33. The molecule has 138 valence electrons. The van der Waals surface area contributed by atoms with Gasteiger partial charge in [0.25, 0.3) is 0 Å². The van der Waals surface area contributed by atoms with Gasteiger partial charge in [0.1, 0.15) is 5.75 Å². The van der Waals surface area contributed by atoms with Gasteiger partial charge in [-0.3, -0.25) is 9.69 Å². The lowest BCUT2D eigenvalue weighted by atomic mass is 10.0. The van der Waals surface area contributed by atoms with Crippen molar-refractivity contribution < 1.29 is 18.3 Å². The molecule has 1 saturated heterocycles. The summed E-state index contributed by atoms with van der Waals surface area (Å²) >= 11 is 5.91. The average Bonchev–Trinajstić information content (AvgIpc) is 3.06. The highest BCUT2D eigenvalue weighted by Crippen LogP contribution is 2.32. The number of hydrogen-bond acceptors (Lipinski definition) is 3. The SMILES string of the molecule is O=C(CN1CCC[C@@H]1c1ccccc1)Nc1ccc(OC(F)F)c(Cl)c1. The number of hydrogen-bond donors (Lipinski definition) is 1. The number of likely N-dealkylation sites (tertiary alicyclic amines) is 1. The highest BCUT2D eigenvalue weighted by atomic mass is 35.5. The molecular weight excluding hydrogens is 362 g/mol. The fourth-order valence-electron chi connectivity index (χ4n) is 3.22. The van der Waals surface area contributed by atoms with Crippen LogP contribution in [0.4, 0.5) is 14.5 Å². The number of benzene rings is 2. The normalized spacial score (nSPS) is 17.5. The van der Waals surface area contributed by atoms with Crippen molar-refractivity contribution in [3.05, 3.63) is 59.1 Å². The van der Waals surface area contributed by atoms with Gasteiger partial charge in [-0.25, -0.2) is 0 Å². The number of anilines is 1. The Kier molecular flexibility index (Phi) is 6.06. The topological polar surface area (TPSA) is 41.6 Å². The summed E-state index contributed by atoms with van der Waals surface area (Å²) in [5, 5.41) is 2.77. The number of amides is 1. The fraction of sp³-hybridized carbons (Fsp3) is 0.316. The highest BCUT2D eigenvalue weighted by Gasteiger charge is 2.27. The lowest BCUT2D eigenvalue weighted by Crippen LogP contribution is -2.32. The van der Waals surface area contributed by atoms with Crippen LogP contribution in [0.2, 0.25) is 5.02 Å². The lowest BCUT2D eigenvalue weighted by Gasteiger charge is -2.24. The van der Waals surface area contributed by atoms with E-state index in [0.29, 0.717) is 5.69 Å². The summed E-state index contributed by atoms with van der Waals surface area (Å²) in [5.41, 5.74) is 1.64. The lowest BCUT2D eigenvalue weighted by molar-refractivity contribution is -0.117. The minimum atomic E-state index is -2.95. The second-order valence-electron chi connectivity index (χ2n) is 6.11. The minimum absolute atomic E-state index is 0.0198. The molecule has 1 N–H and O–H groups in total. The fourth-order valence-corrected chi connectivity index (χ4v) is 3.45. The van der Waals surface area contributed by atoms with E-state index in [1.807, 2.05) is 18.2 Å². The molecule has 1 amide bonds. The Morgan fingerprint density at radius 3 is 2.73 bits per heavy atom. The van der Waals surface area contributed by atoms with Crippen molar-refractivity contribution in [2.75, 3.05) is 18.4 Å². The summed E-state index contributed by atoms with van der Waals surface area (Å²) in [5.74, 6) is -0.297. The van der Waals surface area contributed by atoms with E-state index in [-0.39, 0.29) is 29.3 Å². The highest BCUT2D eigenvalue weighted by molar-refractivity contribution is 6.32. The Morgan fingerprint density at radius 2 is 2.04 bits per heavy atom. The molecule has 3 rings (SSSR count). The summed E-state index contributed by atoms with van der Waals surface area (Å²) in [4.78, 5) is 14.5. The summed E-state index contributed by atoms with van der Waals surface area (Å²) in [7, 11) is 0. The first-order valence-corrected chi connectivity index (χ1v) is 8.74. The molecule has 0 bridgehead atoms. The van der Waals surface area contributed by atoms with Crippen molar-refractivity contribution in [3.63, 3.8) is 0 Å². The molecule has 0 radical (unpaired) electrons. The molecule has 1 aliphatic heterocycles. The third-order valence-corrected chi connectivity index (χ3v) is 4.62. The second-order valence-corrected chi connectivity index (χ2v) is 6.52. The maximum Gasteiger partial charge on any atom is 0.387 e. The molecule has 0 aliphatic carbocycles. The van der Waals surface area contributed by atoms with Crippen LogP contribution in [-0.4, -0.2) is 30.5 Å². The molecule has 2 aromatic carbocycles. The minimum Gasteiger partial charge on any atom is -0.433 e. The number of rotatable bonds is 6. The number of halogens is 3.